The Morgan fingerprint density at radius 1 is 0.966 bits per heavy atom. The Kier molecular flexibility index (Phi) is 3.93. The normalized spacial score (nSPS) is 15.5. The standard InChI is InChI=1S/C25H22ClN3/c26-19-9-10-24-22(13-19)27-14-18-7-4-8-20-21-16-28(15-17-5-2-1-3-6-17)12-11-23(21)29(24)25(18)20/h1-10,13,27H,11-12,14-16H2. The zero-order chi connectivity index (χ0) is 19.4. The minimum Gasteiger partial charge on any atom is -0.379 e. The Bertz CT molecular complexity index is 1230. The van der Waals surface area contributed by atoms with Crippen LogP contribution in [0.5, 0.6) is 0 Å². The van der Waals surface area contributed by atoms with Crippen molar-refractivity contribution in [2.45, 2.75) is 26.1 Å². The Balaban J connectivity index is 1.50. The quantitative estimate of drug-likeness (QED) is 0.462. The molecule has 3 heterocycles. The van der Waals surface area contributed by atoms with Gasteiger partial charge in [0.2, 0.25) is 0 Å². The first-order valence-electron chi connectivity index (χ1n) is 10.2. The van der Waals surface area contributed by atoms with Gasteiger partial charge in [-0.1, -0.05) is 60.1 Å². The van der Waals surface area contributed by atoms with E-state index in [4.69, 9.17) is 11.6 Å². The molecule has 29 heavy (non-hydrogen) atoms. The lowest BCUT2D eigenvalue weighted by molar-refractivity contribution is 0.245. The molecule has 6 rings (SSSR count). The summed E-state index contributed by atoms with van der Waals surface area (Å²) in [6, 6.07) is 23.7. The Hall–Kier alpha value is -2.75. The molecular formula is C25H22ClN3. The van der Waals surface area contributed by atoms with E-state index in [1.54, 1.807) is 0 Å². The van der Waals surface area contributed by atoms with Gasteiger partial charge in [0, 0.05) is 48.7 Å². The number of hydrogen-bond acceptors (Lipinski definition) is 2. The largest absolute Gasteiger partial charge is 0.379 e. The molecule has 3 nitrogen and oxygen atoms in total. The third-order valence-corrected chi connectivity index (χ3v) is 6.49. The molecular weight excluding hydrogens is 378 g/mol. The van der Waals surface area contributed by atoms with E-state index < -0.39 is 0 Å². The molecule has 4 heteroatoms. The number of para-hydroxylation sites is 1. The summed E-state index contributed by atoms with van der Waals surface area (Å²) in [7, 11) is 0. The summed E-state index contributed by atoms with van der Waals surface area (Å²) in [5.41, 5.74) is 9.33. The maximum Gasteiger partial charge on any atom is 0.0691 e. The van der Waals surface area contributed by atoms with Crippen LogP contribution in [0.15, 0.2) is 66.7 Å². The highest BCUT2D eigenvalue weighted by atomic mass is 35.5. The Morgan fingerprint density at radius 3 is 2.76 bits per heavy atom. The summed E-state index contributed by atoms with van der Waals surface area (Å²) >= 11 is 6.30. The molecule has 2 aliphatic rings. The summed E-state index contributed by atoms with van der Waals surface area (Å²) in [6.45, 7) is 3.89. The molecule has 0 saturated heterocycles. The predicted molar refractivity (Wildman–Crippen MR) is 120 cm³/mol. The minimum absolute atomic E-state index is 0.772. The van der Waals surface area contributed by atoms with Crippen LogP contribution < -0.4 is 5.32 Å². The van der Waals surface area contributed by atoms with Gasteiger partial charge in [-0.25, -0.2) is 0 Å². The average molecular weight is 400 g/mol. The molecule has 0 saturated carbocycles. The molecule has 4 aromatic rings. The smallest absolute Gasteiger partial charge is 0.0691 e. The first-order valence-corrected chi connectivity index (χ1v) is 10.6. The third kappa shape index (κ3) is 2.77. The van der Waals surface area contributed by atoms with Gasteiger partial charge < -0.3 is 9.88 Å². The Labute approximate surface area is 175 Å². The van der Waals surface area contributed by atoms with Crippen LogP contribution in [0.2, 0.25) is 5.02 Å². The monoisotopic (exact) mass is 399 g/mol. The van der Waals surface area contributed by atoms with Gasteiger partial charge >= 0.3 is 0 Å². The van der Waals surface area contributed by atoms with E-state index >= 15 is 0 Å². The first-order chi connectivity index (χ1) is 14.3. The number of benzene rings is 3. The molecule has 0 bridgehead atoms. The van der Waals surface area contributed by atoms with Gasteiger partial charge in [-0.2, -0.15) is 0 Å². The van der Waals surface area contributed by atoms with E-state index in [9.17, 15) is 0 Å². The van der Waals surface area contributed by atoms with Crippen molar-refractivity contribution in [3.63, 3.8) is 0 Å². The van der Waals surface area contributed by atoms with Crippen LogP contribution in [0.3, 0.4) is 0 Å². The number of anilines is 1. The van der Waals surface area contributed by atoms with Gasteiger partial charge in [-0.15, -0.1) is 0 Å². The highest BCUT2D eigenvalue weighted by molar-refractivity contribution is 6.31. The fraction of sp³-hybridized carbons (Fsp3) is 0.200. The van der Waals surface area contributed by atoms with E-state index in [2.05, 4.69) is 69.4 Å². The summed E-state index contributed by atoms with van der Waals surface area (Å²) in [6.07, 6.45) is 1.05. The van der Waals surface area contributed by atoms with Crippen LogP contribution in [-0.4, -0.2) is 16.0 Å². The van der Waals surface area contributed by atoms with E-state index in [0.29, 0.717) is 0 Å². The molecule has 0 amide bonds. The molecule has 0 aliphatic carbocycles. The molecule has 0 atom stereocenters. The molecule has 0 unspecified atom stereocenters. The summed E-state index contributed by atoms with van der Waals surface area (Å²) < 4.78 is 2.49. The second kappa shape index (κ2) is 6.65. The highest BCUT2D eigenvalue weighted by Gasteiger charge is 2.28. The first kappa shape index (κ1) is 17.1. The minimum atomic E-state index is 0.772. The Morgan fingerprint density at radius 2 is 1.86 bits per heavy atom. The van der Waals surface area contributed by atoms with Crippen LogP contribution in [0.4, 0.5) is 5.69 Å². The van der Waals surface area contributed by atoms with Gasteiger partial charge in [-0.05, 0) is 34.9 Å². The van der Waals surface area contributed by atoms with Crippen LogP contribution in [-0.2, 0) is 26.1 Å². The van der Waals surface area contributed by atoms with E-state index in [1.807, 2.05) is 12.1 Å². The van der Waals surface area contributed by atoms with Crippen molar-refractivity contribution >= 4 is 28.2 Å². The zero-order valence-corrected chi connectivity index (χ0v) is 16.9. The van der Waals surface area contributed by atoms with Crippen LogP contribution >= 0.6 is 11.6 Å². The lowest BCUT2D eigenvalue weighted by Crippen LogP contribution is -2.30. The second-order valence-electron chi connectivity index (χ2n) is 8.04. The van der Waals surface area contributed by atoms with Crippen molar-refractivity contribution < 1.29 is 0 Å². The number of aromatic nitrogens is 1. The lowest BCUT2D eigenvalue weighted by atomic mass is 10.0. The van der Waals surface area contributed by atoms with Gasteiger partial charge in [0.05, 0.1) is 16.9 Å². The van der Waals surface area contributed by atoms with E-state index in [0.717, 1.165) is 43.3 Å². The highest BCUT2D eigenvalue weighted by Crippen LogP contribution is 2.40. The molecule has 0 radical (unpaired) electrons. The fourth-order valence-corrected chi connectivity index (χ4v) is 5.12. The fourth-order valence-electron chi connectivity index (χ4n) is 4.95. The van der Waals surface area contributed by atoms with Crippen molar-refractivity contribution in [3.8, 4) is 5.69 Å². The van der Waals surface area contributed by atoms with Crippen LogP contribution in [0.25, 0.3) is 16.6 Å². The lowest BCUT2D eigenvalue weighted by Gasteiger charge is -2.28. The number of hydrogen-bond donors (Lipinski definition) is 1. The van der Waals surface area contributed by atoms with Crippen molar-refractivity contribution in [1.82, 2.24) is 9.47 Å². The van der Waals surface area contributed by atoms with E-state index in [-0.39, 0.29) is 0 Å². The van der Waals surface area contributed by atoms with Gasteiger partial charge in [0.15, 0.2) is 0 Å². The molecule has 0 fully saturated rings. The number of nitrogens with zero attached hydrogens (tertiary/aromatic N) is 2. The second-order valence-corrected chi connectivity index (χ2v) is 8.47. The van der Waals surface area contributed by atoms with Gasteiger partial charge in [0.25, 0.3) is 0 Å². The summed E-state index contributed by atoms with van der Waals surface area (Å²) in [5.74, 6) is 0. The average Bonchev–Trinajstić information content (AvgIpc) is 2.97. The molecule has 0 spiro atoms. The van der Waals surface area contributed by atoms with Crippen molar-refractivity contribution in [3.05, 3.63) is 94.1 Å². The number of halogens is 1. The zero-order valence-electron chi connectivity index (χ0n) is 16.2. The van der Waals surface area contributed by atoms with E-state index in [1.165, 1.54) is 39.0 Å². The summed E-state index contributed by atoms with van der Waals surface area (Å²) in [5, 5.41) is 5.75. The topological polar surface area (TPSA) is 20.2 Å². The van der Waals surface area contributed by atoms with Crippen LogP contribution in [0.1, 0.15) is 22.4 Å². The number of fused-ring (bicyclic) bond motifs is 5. The SMILES string of the molecule is Clc1ccc2c(c1)NCc1cccc3c4c(n-2c13)CCN(Cc1ccccc1)C4. The number of rotatable bonds is 2. The van der Waals surface area contributed by atoms with Gasteiger partial charge in [0.1, 0.15) is 0 Å². The maximum atomic E-state index is 6.30. The van der Waals surface area contributed by atoms with Crippen molar-refractivity contribution in [2.24, 2.45) is 0 Å². The predicted octanol–water partition coefficient (Wildman–Crippen LogP) is 5.77. The third-order valence-electron chi connectivity index (χ3n) is 6.25. The van der Waals surface area contributed by atoms with Crippen molar-refractivity contribution in [1.29, 1.82) is 0 Å². The molecule has 3 aromatic carbocycles. The molecule has 144 valence electrons. The number of nitrogens with one attached hydrogen (secondary N) is 1. The molecule has 1 aromatic heterocycles. The molecule has 1 N–H and O–H groups in total. The summed E-state index contributed by atoms with van der Waals surface area (Å²) in [4.78, 5) is 2.57. The molecule has 2 aliphatic heterocycles. The van der Waals surface area contributed by atoms with Crippen molar-refractivity contribution in [2.75, 3.05) is 11.9 Å². The van der Waals surface area contributed by atoms with Crippen LogP contribution in [0, 0.1) is 0 Å². The maximum absolute atomic E-state index is 6.30. The van der Waals surface area contributed by atoms with Gasteiger partial charge in [-0.3, -0.25) is 4.90 Å².